The molecule has 2 atom stereocenters. The average molecular weight is 419 g/mol. The Morgan fingerprint density at radius 1 is 1.27 bits per heavy atom. The van der Waals surface area contributed by atoms with Crippen LogP contribution in [0.25, 0.3) is 0 Å². The zero-order chi connectivity index (χ0) is 22.5. The number of allylic oxidation sites excluding steroid dienone is 1. The average Bonchev–Trinajstić information content (AvgIpc) is 2.72. The van der Waals surface area contributed by atoms with Crippen LogP contribution in [-0.4, -0.2) is 54.7 Å². The molecule has 2 N–H and O–H groups in total. The number of hydrogen-bond acceptors (Lipinski definition) is 4. The molecule has 30 heavy (non-hydrogen) atoms. The lowest BCUT2D eigenvalue weighted by Gasteiger charge is -2.25. The predicted octanol–water partition coefficient (Wildman–Crippen LogP) is 3.90. The molecule has 0 aliphatic rings. The Morgan fingerprint density at radius 2 is 1.93 bits per heavy atom. The number of aryl methyl sites for hydroxylation is 1. The maximum Gasteiger partial charge on any atom is 0.344 e. The minimum absolute atomic E-state index is 0.155. The number of benzene rings is 1. The number of carbonyl (C=O) groups is 2. The van der Waals surface area contributed by atoms with Crippen molar-refractivity contribution >= 4 is 12.4 Å². The molecule has 0 aromatic heterocycles. The quantitative estimate of drug-likeness (QED) is 0.334. The molecule has 168 valence electrons. The molecule has 1 amide bonds. The summed E-state index contributed by atoms with van der Waals surface area (Å²) in [7, 11) is 1.82. The number of carboxylic acid groups (broad SMARTS) is 1. The third-order valence-electron chi connectivity index (χ3n) is 5.18. The highest BCUT2D eigenvalue weighted by Gasteiger charge is 2.20. The largest absolute Gasteiger partial charge is 0.479 e. The van der Waals surface area contributed by atoms with Crippen LogP contribution >= 0.6 is 0 Å². The van der Waals surface area contributed by atoms with E-state index in [1.807, 2.05) is 52.1 Å². The van der Waals surface area contributed by atoms with Crippen molar-refractivity contribution in [2.45, 2.75) is 65.5 Å². The maximum absolute atomic E-state index is 11.4. The highest BCUT2D eigenvalue weighted by molar-refractivity contribution is 5.72. The van der Waals surface area contributed by atoms with E-state index in [1.54, 1.807) is 4.90 Å². The van der Waals surface area contributed by atoms with Gasteiger partial charge in [0.05, 0.1) is 0 Å². The van der Waals surface area contributed by atoms with Gasteiger partial charge in [0.2, 0.25) is 6.41 Å². The van der Waals surface area contributed by atoms with E-state index in [4.69, 9.17) is 4.74 Å². The summed E-state index contributed by atoms with van der Waals surface area (Å²) in [5.74, 6) is -0.107. The highest BCUT2D eigenvalue weighted by Crippen LogP contribution is 2.19. The van der Waals surface area contributed by atoms with Crippen molar-refractivity contribution in [1.29, 1.82) is 0 Å². The highest BCUT2D eigenvalue weighted by atomic mass is 16.5. The van der Waals surface area contributed by atoms with Crippen LogP contribution in [0.15, 0.2) is 35.9 Å². The monoisotopic (exact) mass is 418 g/mol. The molecule has 0 saturated carbocycles. The van der Waals surface area contributed by atoms with Gasteiger partial charge in [-0.05, 0) is 63.1 Å². The van der Waals surface area contributed by atoms with Crippen molar-refractivity contribution < 1.29 is 19.4 Å². The van der Waals surface area contributed by atoms with Crippen LogP contribution < -0.4 is 10.1 Å². The smallest absolute Gasteiger partial charge is 0.344 e. The number of ether oxygens (including phenoxy) is 1. The van der Waals surface area contributed by atoms with Crippen molar-refractivity contribution in [2.75, 3.05) is 20.1 Å². The van der Waals surface area contributed by atoms with Crippen LogP contribution in [0.3, 0.4) is 0 Å². The van der Waals surface area contributed by atoms with Crippen LogP contribution in [0.4, 0.5) is 0 Å². The number of aliphatic carboxylic acids is 1. The summed E-state index contributed by atoms with van der Waals surface area (Å²) in [5.41, 5.74) is 2.45. The first-order chi connectivity index (χ1) is 14.3. The van der Waals surface area contributed by atoms with E-state index in [2.05, 4.69) is 18.3 Å². The first-order valence-electron chi connectivity index (χ1n) is 10.7. The lowest BCUT2D eigenvalue weighted by molar-refractivity contribution is -0.145. The van der Waals surface area contributed by atoms with E-state index >= 15 is 0 Å². The summed E-state index contributed by atoms with van der Waals surface area (Å²) >= 11 is 0. The van der Waals surface area contributed by atoms with E-state index in [-0.39, 0.29) is 12.0 Å². The Bertz CT molecular complexity index is 670. The Labute approximate surface area is 181 Å². The predicted molar refractivity (Wildman–Crippen MR) is 121 cm³/mol. The molecule has 0 aliphatic heterocycles. The van der Waals surface area contributed by atoms with Crippen LogP contribution in [-0.2, 0) is 16.0 Å². The summed E-state index contributed by atoms with van der Waals surface area (Å²) in [5, 5.41) is 12.7. The first-order valence-corrected chi connectivity index (χ1v) is 10.7. The summed E-state index contributed by atoms with van der Waals surface area (Å²) in [6, 6.07) is 7.79. The second-order valence-corrected chi connectivity index (χ2v) is 8.30. The lowest BCUT2D eigenvalue weighted by Crippen LogP contribution is -2.39. The van der Waals surface area contributed by atoms with Gasteiger partial charge in [-0.2, -0.15) is 0 Å². The molecule has 0 radical (unpaired) electrons. The van der Waals surface area contributed by atoms with Crippen molar-refractivity contribution in [1.82, 2.24) is 10.2 Å². The molecule has 1 aromatic carbocycles. The summed E-state index contributed by atoms with van der Waals surface area (Å²) in [6.07, 6.45) is 5.38. The van der Waals surface area contributed by atoms with E-state index in [9.17, 15) is 14.7 Å². The fraction of sp³-hybridized carbons (Fsp3) is 0.583. The molecule has 1 aromatic rings. The molecule has 0 bridgehead atoms. The first kappa shape index (κ1) is 25.7. The fourth-order valence-electron chi connectivity index (χ4n) is 3.14. The van der Waals surface area contributed by atoms with Crippen molar-refractivity contribution in [3.63, 3.8) is 0 Å². The molecular weight excluding hydrogens is 380 g/mol. The second kappa shape index (κ2) is 13.8. The van der Waals surface area contributed by atoms with Crippen LogP contribution in [0.5, 0.6) is 5.75 Å². The van der Waals surface area contributed by atoms with Gasteiger partial charge in [-0.15, -0.1) is 0 Å². The number of nitrogens with one attached hydrogen (secondary N) is 1. The van der Waals surface area contributed by atoms with Gasteiger partial charge >= 0.3 is 5.97 Å². The minimum Gasteiger partial charge on any atom is -0.479 e. The van der Waals surface area contributed by atoms with Gasteiger partial charge in [-0.25, -0.2) is 4.79 Å². The van der Waals surface area contributed by atoms with E-state index in [0.29, 0.717) is 12.2 Å². The van der Waals surface area contributed by atoms with Crippen molar-refractivity contribution in [3.05, 3.63) is 41.5 Å². The SMILES string of the molecule is C/C=C(\C)CNCC(CCCc1ccc(OC(CC(C)C)C(=O)O)cc1)N(C)C=O. The topological polar surface area (TPSA) is 78.9 Å². The normalized spacial score (nSPS) is 13.7. The second-order valence-electron chi connectivity index (χ2n) is 8.30. The molecule has 0 heterocycles. The molecule has 1 rings (SSSR count). The minimum atomic E-state index is -0.934. The Kier molecular flexibility index (Phi) is 11.8. The van der Waals surface area contributed by atoms with Crippen molar-refractivity contribution in [2.24, 2.45) is 5.92 Å². The van der Waals surface area contributed by atoms with Crippen LogP contribution in [0.2, 0.25) is 0 Å². The third kappa shape index (κ3) is 9.92. The molecule has 0 saturated heterocycles. The van der Waals surface area contributed by atoms with E-state index < -0.39 is 12.1 Å². The molecule has 0 fully saturated rings. The summed E-state index contributed by atoms with van der Waals surface area (Å²) < 4.78 is 5.65. The summed E-state index contributed by atoms with van der Waals surface area (Å²) in [4.78, 5) is 24.3. The van der Waals surface area contributed by atoms with Crippen LogP contribution in [0.1, 0.15) is 52.5 Å². The Morgan fingerprint density at radius 3 is 2.47 bits per heavy atom. The molecular formula is C24H38N2O4. The maximum atomic E-state index is 11.4. The lowest BCUT2D eigenvalue weighted by atomic mass is 10.0. The van der Waals surface area contributed by atoms with E-state index in [0.717, 1.165) is 38.8 Å². The zero-order valence-electron chi connectivity index (χ0n) is 19.1. The van der Waals surface area contributed by atoms with Gasteiger partial charge in [0.25, 0.3) is 0 Å². The molecule has 6 heteroatoms. The van der Waals surface area contributed by atoms with Gasteiger partial charge in [-0.3, -0.25) is 4.79 Å². The molecule has 6 nitrogen and oxygen atoms in total. The third-order valence-corrected chi connectivity index (χ3v) is 5.18. The molecule has 0 aliphatic carbocycles. The van der Waals surface area contributed by atoms with Gasteiger partial charge < -0.3 is 20.1 Å². The number of carboxylic acids is 1. The van der Waals surface area contributed by atoms with Crippen LogP contribution in [0, 0.1) is 5.92 Å². The van der Waals surface area contributed by atoms with E-state index in [1.165, 1.54) is 11.1 Å². The molecule has 0 spiro atoms. The Hall–Kier alpha value is -2.34. The standard InChI is InChI=1S/C24H38N2O4/c1-6-19(4)15-25-16-21(26(5)17-27)9-7-8-20-10-12-22(13-11-20)30-23(24(28)29)14-18(2)3/h6,10-13,17-18,21,23,25H,7-9,14-16H2,1-5H3,(H,28,29)/b19-6+. The van der Waals surface area contributed by atoms with Gasteiger partial charge in [-0.1, -0.05) is 37.6 Å². The van der Waals surface area contributed by atoms with Crippen molar-refractivity contribution in [3.8, 4) is 5.75 Å². The molecule has 2 unspecified atom stereocenters. The Balaban J connectivity index is 2.53. The fourth-order valence-corrected chi connectivity index (χ4v) is 3.14. The van der Waals surface area contributed by atoms with Gasteiger partial charge in [0, 0.05) is 26.2 Å². The number of carbonyl (C=O) groups excluding carboxylic acids is 1. The number of likely N-dealkylation sites (N-methyl/N-ethyl adjacent to an activating group) is 1. The zero-order valence-corrected chi connectivity index (χ0v) is 19.1. The number of amides is 1. The number of nitrogens with zero attached hydrogens (tertiary/aromatic N) is 1. The number of rotatable bonds is 15. The summed E-state index contributed by atoms with van der Waals surface area (Å²) in [6.45, 7) is 9.66. The number of hydrogen-bond donors (Lipinski definition) is 2. The van der Waals surface area contributed by atoms with Gasteiger partial charge in [0.15, 0.2) is 6.10 Å². The van der Waals surface area contributed by atoms with Gasteiger partial charge in [0.1, 0.15) is 5.75 Å².